The molecule has 0 aliphatic carbocycles. The van der Waals surface area contributed by atoms with Gasteiger partial charge in [0.1, 0.15) is 12.3 Å². The lowest BCUT2D eigenvalue weighted by molar-refractivity contribution is 0.127. The molecule has 0 saturated carbocycles. The van der Waals surface area contributed by atoms with E-state index in [0.717, 1.165) is 16.9 Å². The van der Waals surface area contributed by atoms with Gasteiger partial charge in [0.05, 0.1) is 6.61 Å². The summed E-state index contributed by atoms with van der Waals surface area (Å²) in [6.45, 7) is 1.02. The molecule has 114 valence electrons. The van der Waals surface area contributed by atoms with E-state index in [1.165, 1.54) is 0 Å². The molecule has 0 aromatic heterocycles. The Labute approximate surface area is 129 Å². The molecular weight excluding hydrogens is 282 g/mol. The number of ether oxygens (including phenoxy) is 3. The van der Waals surface area contributed by atoms with Gasteiger partial charge in [0.15, 0.2) is 11.5 Å². The average molecular weight is 299 g/mol. The highest BCUT2D eigenvalue weighted by molar-refractivity contribution is 6.01. The Morgan fingerprint density at radius 2 is 1.91 bits per heavy atom. The number of benzene rings is 2. The molecule has 0 unspecified atom stereocenters. The van der Waals surface area contributed by atoms with E-state index in [-0.39, 0.29) is 6.79 Å². The summed E-state index contributed by atoms with van der Waals surface area (Å²) in [5.74, 6) is 1.45. The first kappa shape index (κ1) is 14.4. The van der Waals surface area contributed by atoms with Crippen LogP contribution in [0.15, 0.2) is 53.7 Å². The minimum Gasteiger partial charge on any atom is -0.454 e. The van der Waals surface area contributed by atoms with Crippen LogP contribution in [0.25, 0.3) is 0 Å². The van der Waals surface area contributed by atoms with E-state index in [2.05, 4.69) is 5.16 Å². The summed E-state index contributed by atoms with van der Waals surface area (Å²) in [5, 5.41) is 4.20. The molecule has 0 N–H and O–H groups in total. The molecule has 0 spiro atoms. The van der Waals surface area contributed by atoms with Crippen LogP contribution in [0.3, 0.4) is 0 Å². The molecule has 2 aromatic carbocycles. The zero-order valence-electron chi connectivity index (χ0n) is 12.3. The predicted molar refractivity (Wildman–Crippen MR) is 82.2 cm³/mol. The molecule has 0 bridgehead atoms. The number of hydrogen-bond acceptors (Lipinski definition) is 5. The maximum atomic E-state index is 5.44. The number of hydrogen-bond donors (Lipinski definition) is 0. The van der Waals surface area contributed by atoms with Crippen molar-refractivity contribution in [2.24, 2.45) is 5.16 Å². The Morgan fingerprint density at radius 3 is 2.73 bits per heavy atom. The topological polar surface area (TPSA) is 49.3 Å². The van der Waals surface area contributed by atoms with Crippen molar-refractivity contribution in [3.63, 3.8) is 0 Å². The van der Waals surface area contributed by atoms with Gasteiger partial charge in [0.2, 0.25) is 6.79 Å². The Kier molecular flexibility index (Phi) is 4.56. The first-order valence-corrected chi connectivity index (χ1v) is 6.98. The van der Waals surface area contributed by atoms with Crippen molar-refractivity contribution in [2.75, 3.05) is 20.5 Å². The largest absolute Gasteiger partial charge is 0.454 e. The summed E-state index contributed by atoms with van der Waals surface area (Å²) in [6.07, 6.45) is 0. The Bertz CT molecular complexity index is 655. The lowest BCUT2D eigenvalue weighted by Gasteiger charge is -2.07. The van der Waals surface area contributed by atoms with E-state index in [4.69, 9.17) is 19.0 Å². The molecule has 1 heterocycles. The zero-order chi connectivity index (χ0) is 15.2. The standard InChI is InChI=1S/C17H17NO4/c1-19-11-15(18-22-10-13-5-3-2-4-6-13)14-7-8-16-17(9-14)21-12-20-16/h2-9H,10-12H2,1H3. The van der Waals surface area contributed by atoms with E-state index in [1.807, 2.05) is 48.5 Å². The van der Waals surface area contributed by atoms with E-state index in [9.17, 15) is 0 Å². The van der Waals surface area contributed by atoms with E-state index in [1.54, 1.807) is 7.11 Å². The summed E-state index contributed by atoms with van der Waals surface area (Å²) in [6, 6.07) is 15.5. The molecule has 5 nitrogen and oxygen atoms in total. The second-order valence-corrected chi connectivity index (χ2v) is 4.80. The summed E-state index contributed by atoms with van der Waals surface area (Å²) in [4.78, 5) is 5.44. The number of fused-ring (bicyclic) bond motifs is 1. The van der Waals surface area contributed by atoms with Gasteiger partial charge in [-0.05, 0) is 23.8 Å². The molecule has 0 saturated heterocycles. The molecule has 1 aliphatic heterocycles. The third-order valence-electron chi connectivity index (χ3n) is 3.24. The molecule has 0 fully saturated rings. The van der Waals surface area contributed by atoms with Crippen LogP contribution in [0.5, 0.6) is 11.5 Å². The van der Waals surface area contributed by atoms with Gasteiger partial charge >= 0.3 is 0 Å². The van der Waals surface area contributed by atoms with Crippen molar-refractivity contribution in [1.29, 1.82) is 0 Å². The Morgan fingerprint density at radius 1 is 1.09 bits per heavy atom. The lowest BCUT2D eigenvalue weighted by atomic mass is 10.1. The highest BCUT2D eigenvalue weighted by Gasteiger charge is 2.15. The fourth-order valence-corrected chi connectivity index (χ4v) is 2.13. The van der Waals surface area contributed by atoms with Crippen LogP contribution >= 0.6 is 0 Å². The van der Waals surface area contributed by atoms with Crippen LogP contribution < -0.4 is 9.47 Å². The Balaban J connectivity index is 1.73. The van der Waals surface area contributed by atoms with Gasteiger partial charge < -0.3 is 19.0 Å². The molecule has 22 heavy (non-hydrogen) atoms. The van der Waals surface area contributed by atoms with Gasteiger partial charge in [-0.25, -0.2) is 0 Å². The molecule has 0 radical (unpaired) electrons. The van der Waals surface area contributed by atoms with Crippen LogP contribution in [0.4, 0.5) is 0 Å². The summed E-state index contributed by atoms with van der Waals surface area (Å²) in [5.41, 5.74) is 2.66. The second kappa shape index (κ2) is 6.95. The predicted octanol–water partition coefficient (Wildman–Crippen LogP) is 2.98. The zero-order valence-corrected chi connectivity index (χ0v) is 12.3. The number of nitrogens with zero attached hydrogens (tertiary/aromatic N) is 1. The van der Waals surface area contributed by atoms with Gasteiger partial charge in [0, 0.05) is 12.7 Å². The minimum atomic E-state index is 0.250. The van der Waals surface area contributed by atoms with Gasteiger partial charge in [-0.2, -0.15) is 0 Å². The summed E-state index contributed by atoms with van der Waals surface area (Å²) < 4.78 is 15.9. The van der Waals surface area contributed by atoms with Gasteiger partial charge in [0.25, 0.3) is 0 Å². The molecular formula is C17H17NO4. The number of rotatable bonds is 6. The normalized spacial score (nSPS) is 13.2. The van der Waals surface area contributed by atoms with Crippen molar-refractivity contribution in [3.8, 4) is 11.5 Å². The van der Waals surface area contributed by atoms with Crippen molar-refractivity contribution in [3.05, 3.63) is 59.7 Å². The molecule has 0 atom stereocenters. The third kappa shape index (κ3) is 3.38. The molecule has 5 heteroatoms. The SMILES string of the molecule is COCC(=NOCc1ccccc1)c1ccc2c(c1)OCO2. The molecule has 0 amide bonds. The first-order chi connectivity index (χ1) is 10.9. The monoisotopic (exact) mass is 299 g/mol. The summed E-state index contributed by atoms with van der Waals surface area (Å²) in [7, 11) is 1.62. The Hall–Kier alpha value is -2.53. The molecule has 2 aromatic rings. The highest BCUT2D eigenvalue weighted by Crippen LogP contribution is 2.32. The van der Waals surface area contributed by atoms with Crippen molar-refractivity contribution < 1.29 is 19.0 Å². The maximum Gasteiger partial charge on any atom is 0.231 e. The van der Waals surface area contributed by atoms with Crippen LogP contribution in [0.1, 0.15) is 11.1 Å². The number of oxime groups is 1. The van der Waals surface area contributed by atoms with Gasteiger partial charge in [-0.1, -0.05) is 35.5 Å². The van der Waals surface area contributed by atoms with E-state index in [0.29, 0.717) is 24.7 Å². The molecule has 1 aliphatic rings. The van der Waals surface area contributed by atoms with Crippen LogP contribution in [-0.4, -0.2) is 26.2 Å². The van der Waals surface area contributed by atoms with Gasteiger partial charge in [-0.3, -0.25) is 0 Å². The first-order valence-electron chi connectivity index (χ1n) is 6.98. The van der Waals surface area contributed by atoms with Crippen molar-refractivity contribution in [1.82, 2.24) is 0 Å². The average Bonchev–Trinajstić information content (AvgIpc) is 3.02. The van der Waals surface area contributed by atoms with E-state index >= 15 is 0 Å². The van der Waals surface area contributed by atoms with Crippen LogP contribution in [0, 0.1) is 0 Å². The fourth-order valence-electron chi connectivity index (χ4n) is 2.13. The quantitative estimate of drug-likeness (QED) is 0.608. The lowest BCUT2D eigenvalue weighted by Crippen LogP contribution is -2.09. The van der Waals surface area contributed by atoms with E-state index < -0.39 is 0 Å². The highest BCUT2D eigenvalue weighted by atomic mass is 16.7. The summed E-state index contributed by atoms with van der Waals surface area (Å²) >= 11 is 0. The van der Waals surface area contributed by atoms with Crippen LogP contribution in [0.2, 0.25) is 0 Å². The fraction of sp³-hybridized carbons (Fsp3) is 0.235. The maximum absolute atomic E-state index is 5.44. The van der Waals surface area contributed by atoms with Crippen molar-refractivity contribution >= 4 is 5.71 Å². The van der Waals surface area contributed by atoms with Crippen molar-refractivity contribution in [2.45, 2.75) is 6.61 Å². The minimum absolute atomic E-state index is 0.250. The van der Waals surface area contributed by atoms with Gasteiger partial charge in [-0.15, -0.1) is 0 Å². The number of methoxy groups -OCH3 is 1. The third-order valence-corrected chi connectivity index (χ3v) is 3.24. The second-order valence-electron chi connectivity index (χ2n) is 4.80. The smallest absolute Gasteiger partial charge is 0.231 e. The van der Waals surface area contributed by atoms with Crippen LogP contribution in [-0.2, 0) is 16.2 Å². The molecule has 3 rings (SSSR count).